The van der Waals surface area contributed by atoms with Gasteiger partial charge in [0.2, 0.25) is 0 Å². The summed E-state index contributed by atoms with van der Waals surface area (Å²) in [4.78, 5) is 18.5. The van der Waals surface area contributed by atoms with Crippen LogP contribution in [-0.4, -0.2) is 24.3 Å². The molecule has 0 spiro atoms. The van der Waals surface area contributed by atoms with Crippen LogP contribution in [-0.2, 0) is 19.3 Å². The van der Waals surface area contributed by atoms with Crippen LogP contribution in [0.15, 0.2) is 52.0 Å². The topological polar surface area (TPSA) is 89.4 Å². The lowest BCUT2D eigenvalue weighted by atomic mass is 10.1. The molecule has 0 N–H and O–H groups in total. The molecular weight excluding hydrogens is 380 g/mol. The average molecular weight is 394 g/mol. The second-order valence-electron chi connectivity index (χ2n) is 5.79. The third kappa shape index (κ3) is 3.25. The van der Waals surface area contributed by atoms with Gasteiger partial charge in [0.15, 0.2) is 5.16 Å². The molecule has 0 aliphatic carbocycles. The Balaban J connectivity index is 1.81. The number of hydrogen-bond donors (Lipinski definition) is 0. The van der Waals surface area contributed by atoms with E-state index in [9.17, 15) is 10.1 Å². The van der Waals surface area contributed by atoms with Crippen molar-refractivity contribution < 1.29 is 0 Å². The van der Waals surface area contributed by atoms with Gasteiger partial charge in [0.05, 0.1) is 17.2 Å². The number of thioether (sulfide) groups is 1. The zero-order chi connectivity index (χ0) is 18.8. The molecule has 0 atom stereocenters. The Morgan fingerprint density at radius 2 is 2.11 bits per heavy atom. The zero-order valence-electron chi connectivity index (χ0n) is 14.4. The van der Waals surface area contributed by atoms with Gasteiger partial charge in [-0.1, -0.05) is 42.1 Å². The van der Waals surface area contributed by atoms with E-state index >= 15 is 0 Å². The third-order valence-corrected chi connectivity index (χ3v) is 5.99. The van der Waals surface area contributed by atoms with Gasteiger partial charge in [-0.25, -0.2) is 4.98 Å². The molecule has 7 nitrogen and oxygen atoms in total. The molecule has 4 aromatic rings. The Morgan fingerprint density at radius 3 is 2.81 bits per heavy atom. The Hall–Kier alpha value is -2.96. The van der Waals surface area contributed by atoms with Crippen molar-refractivity contribution in [2.45, 2.75) is 17.5 Å². The number of aromatic nitrogens is 5. The van der Waals surface area contributed by atoms with Gasteiger partial charge in [0.25, 0.3) is 5.56 Å². The van der Waals surface area contributed by atoms with Crippen LogP contribution in [0.2, 0.25) is 0 Å². The Morgan fingerprint density at radius 1 is 1.30 bits per heavy atom. The molecule has 0 unspecified atom stereocenters. The van der Waals surface area contributed by atoms with Gasteiger partial charge >= 0.3 is 0 Å². The maximum Gasteiger partial charge on any atom is 0.263 e. The van der Waals surface area contributed by atoms with Crippen LogP contribution in [0.25, 0.3) is 21.3 Å². The third-order valence-electron chi connectivity index (χ3n) is 4.09. The Bertz CT molecular complexity index is 1200. The van der Waals surface area contributed by atoms with E-state index in [-0.39, 0.29) is 12.1 Å². The molecule has 9 heteroatoms. The van der Waals surface area contributed by atoms with Crippen LogP contribution in [0.4, 0.5) is 0 Å². The van der Waals surface area contributed by atoms with Gasteiger partial charge in [0.1, 0.15) is 23.5 Å². The fourth-order valence-electron chi connectivity index (χ4n) is 2.77. The molecule has 27 heavy (non-hydrogen) atoms. The summed E-state index contributed by atoms with van der Waals surface area (Å²) in [6, 6.07) is 11.8. The fraction of sp³-hybridized carbons (Fsp3) is 0.167. The highest BCUT2D eigenvalue weighted by molar-refractivity contribution is 7.98. The highest BCUT2D eigenvalue weighted by Gasteiger charge is 2.17. The molecule has 0 saturated carbocycles. The van der Waals surface area contributed by atoms with E-state index in [1.165, 1.54) is 27.7 Å². The van der Waals surface area contributed by atoms with Gasteiger partial charge in [0, 0.05) is 18.0 Å². The number of hydrogen-bond acceptors (Lipinski definition) is 7. The lowest BCUT2D eigenvalue weighted by Gasteiger charge is -2.09. The maximum absolute atomic E-state index is 13.2. The van der Waals surface area contributed by atoms with Gasteiger partial charge in [-0.15, -0.1) is 21.5 Å². The highest BCUT2D eigenvalue weighted by Crippen LogP contribution is 2.31. The molecule has 0 radical (unpaired) electrons. The predicted octanol–water partition coefficient (Wildman–Crippen LogP) is 3.07. The van der Waals surface area contributed by atoms with Gasteiger partial charge in [-0.2, -0.15) is 5.26 Å². The molecule has 0 fully saturated rings. The normalized spacial score (nSPS) is 11.0. The number of nitriles is 1. The summed E-state index contributed by atoms with van der Waals surface area (Å²) in [6.07, 6.45) is 1.62. The first-order chi connectivity index (χ1) is 13.2. The molecule has 0 amide bonds. The minimum Gasteiger partial charge on any atom is -0.312 e. The first kappa shape index (κ1) is 17.5. The summed E-state index contributed by atoms with van der Waals surface area (Å²) in [5.74, 6) is 0.987. The summed E-state index contributed by atoms with van der Waals surface area (Å²) in [7, 11) is 1.85. The van der Waals surface area contributed by atoms with E-state index in [0.717, 1.165) is 16.3 Å². The number of aryl methyl sites for hydroxylation is 1. The van der Waals surface area contributed by atoms with Gasteiger partial charge in [-0.05, 0) is 5.56 Å². The van der Waals surface area contributed by atoms with Crippen LogP contribution in [0.3, 0.4) is 0 Å². The highest BCUT2D eigenvalue weighted by atomic mass is 32.2. The van der Waals surface area contributed by atoms with Crippen LogP contribution in [0.5, 0.6) is 0 Å². The van der Waals surface area contributed by atoms with Crippen molar-refractivity contribution in [3.8, 4) is 17.2 Å². The van der Waals surface area contributed by atoms with E-state index in [1.807, 2.05) is 42.8 Å². The van der Waals surface area contributed by atoms with Gasteiger partial charge < -0.3 is 4.57 Å². The molecule has 0 aliphatic rings. The number of benzene rings is 1. The molecule has 0 bridgehead atoms. The van der Waals surface area contributed by atoms with Crippen LogP contribution in [0.1, 0.15) is 5.82 Å². The van der Waals surface area contributed by atoms with Crippen molar-refractivity contribution in [2.24, 2.45) is 7.05 Å². The minimum atomic E-state index is -0.185. The number of rotatable bonds is 5. The molecule has 134 valence electrons. The van der Waals surface area contributed by atoms with E-state index in [2.05, 4.69) is 21.3 Å². The first-order valence-corrected chi connectivity index (χ1v) is 9.95. The number of fused-ring (bicyclic) bond motifs is 1. The van der Waals surface area contributed by atoms with E-state index < -0.39 is 0 Å². The van der Waals surface area contributed by atoms with Crippen LogP contribution in [0, 0.1) is 11.3 Å². The van der Waals surface area contributed by atoms with E-state index in [1.54, 1.807) is 10.9 Å². The first-order valence-electron chi connectivity index (χ1n) is 8.09. The van der Waals surface area contributed by atoms with Gasteiger partial charge in [-0.3, -0.25) is 9.36 Å². The molecule has 0 saturated heterocycles. The molecule has 0 aliphatic heterocycles. The quantitative estimate of drug-likeness (QED) is 0.483. The monoisotopic (exact) mass is 394 g/mol. The summed E-state index contributed by atoms with van der Waals surface area (Å²) >= 11 is 2.87. The number of thiophene rings is 1. The molecule has 1 aromatic carbocycles. The predicted molar refractivity (Wildman–Crippen MR) is 105 cm³/mol. The molecular formula is C18H14N6OS2. The molecule has 3 heterocycles. The van der Waals surface area contributed by atoms with E-state index in [0.29, 0.717) is 21.8 Å². The molecule has 4 rings (SSSR count). The van der Waals surface area contributed by atoms with Crippen molar-refractivity contribution in [1.29, 1.82) is 5.26 Å². The van der Waals surface area contributed by atoms with E-state index in [4.69, 9.17) is 0 Å². The zero-order valence-corrected chi connectivity index (χ0v) is 16.0. The molecule has 3 aromatic heterocycles. The average Bonchev–Trinajstić information content (AvgIpc) is 3.29. The lowest BCUT2D eigenvalue weighted by molar-refractivity contribution is 0.729. The van der Waals surface area contributed by atoms with Crippen molar-refractivity contribution >= 4 is 33.3 Å². The summed E-state index contributed by atoms with van der Waals surface area (Å²) in [5.41, 5.74) is 1.63. The SMILES string of the molecule is Cn1cnnc1SCc1nc2scc(-c3ccccc3)c2c(=O)n1CC#N. The van der Waals surface area contributed by atoms with Crippen molar-refractivity contribution in [1.82, 2.24) is 24.3 Å². The summed E-state index contributed by atoms with van der Waals surface area (Å²) < 4.78 is 3.25. The Kier molecular flexibility index (Phi) is 4.75. The smallest absolute Gasteiger partial charge is 0.263 e. The second-order valence-corrected chi connectivity index (χ2v) is 7.59. The van der Waals surface area contributed by atoms with Crippen LogP contribution >= 0.6 is 23.1 Å². The number of nitrogens with zero attached hydrogens (tertiary/aromatic N) is 6. The fourth-order valence-corrected chi connectivity index (χ4v) is 4.56. The van der Waals surface area contributed by atoms with Crippen molar-refractivity contribution in [3.63, 3.8) is 0 Å². The largest absolute Gasteiger partial charge is 0.312 e. The lowest BCUT2D eigenvalue weighted by Crippen LogP contribution is -2.24. The van der Waals surface area contributed by atoms with Crippen molar-refractivity contribution in [2.75, 3.05) is 0 Å². The van der Waals surface area contributed by atoms with Crippen molar-refractivity contribution in [3.05, 3.63) is 58.2 Å². The van der Waals surface area contributed by atoms with Crippen LogP contribution < -0.4 is 5.56 Å². The Labute approximate surface area is 162 Å². The second kappa shape index (κ2) is 7.34. The summed E-state index contributed by atoms with van der Waals surface area (Å²) in [6.45, 7) is -0.0411. The maximum atomic E-state index is 13.2. The summed E-state index contributed by atoms with van der Waals surface area (Å²) in [5, 5.41) is 20.3. The minimum absolute atomic E-state index is 0.0411. The standard InChI is InChI=1S/C18H14N6OS2/c1-23-11-20-22-18(23)27-10-14-21-16-15(17(25)24(14)8-7-19)13(9-26-16)12-5-3-2-4-6-12/h2-6,9,11H,8,10H2,1H3.